The minimum atomic E-state index is 1.08. The Labute approximate surface area is 89.7 Å². The topological polar surface area (TPSA) is 4.93 Å². The number of rotatable bonds is 1. The highest BCUT2D eigenvalue weighted by Gasteiger charge is 2.14. The summed E-state index contributed by atoms with van der Waals surface area (Å²) in [5, 5.41) is 0. The molecule has 0 amide bonds. The minimum absolute atomic E-state index is 1.08. The van der Waals surface area contributed by atoms with Crippen LogP contribution in [-0.4, -0.2) is 4.57 Å². The molecular weight excluding hydrogens is 182 g/mol. The Morgan fingerprint density at radius 3 is 2.67 bits per heavy atom. The lowest BCUT2D eigenvalue weighted by molar-refractivity contribution is 0.962. The maximum Gasteiger partial charge on any atom is 0.0452 e. The van der Waals surface area contributed by atoms with Crippen LogP contribution in [-0.2, 0) is 6.42 Å². The van der Waals surface area contributed by atoms with E-state index in [1.807, 2.05) is 0 Å². The van der Waals surface area contributed by atoms with Crippen LogP contribution >= 0.6 is 0 Å². The second-order valence-corrected chi connectivity index (χ2v) is 4.09. The summed E-state index contributed by atoms with van der Waals surface area (Å²) in [6.07, 6.45) is 5.51. The third-order valence-electron chi connectivity index (χ3n) is 2.91. The molecule has 0 spiro atoms. The lowest BCUT2D eigenvalue weighted by atomic mass is 10.2. The molecule has 1 heteroatoms. The first-order valence-electron chi connectivity index (χ1n) is 5.27. The molecule has 0 N–H and O–H groups in total. The summed E-state index contributed by atoms with van der Waals surface area (Å²) >= 11 is 0. The van der Waals surface area contributed by atoms with Gasteiger partial charge in [-0.05, 0) is 30.7 Å². The molecule has 0 aliphatic heterocycles. The molecule has 0 saturated heterocycles. The molecule has 0 saturated carbocycles. The number of allylic oxidation sites excluding steroid dienone is 1. The summed E-state index contributed by atoms with van der Waals surface area (Å²) in [7, 11) is 0. The van der Waals surface area contributed by atoms with Gasteiger partial charge in [0, 0.05) is 24.0 Å². The zero-order valence-electron chi connectivity index (χ0n) is 8.77. The van der Waals surface area contributed by atoms with E-state index in [-0.39, 0.29) is 0 Å². The lowest BCUT2D eigenvalue weighted by Gasteiger charge is -2.07. The molecule has 1 aliphatic carbocycles. The Balaban J connectivity index is 2.11. The van der Waals surface area contributed by atoms with Gasteiger partial charge in [-0.15, -0.1) is 0 Å². The Morgan fingerprint density at radius 2 is 1.87 bits per heavy atom. The fraction of sp³-hybridized carbons (Fsp3) is 0.143. The summed E-state index contributed by atoms with van der Waals surface area (Å²) in [6, 6.07) is 12.7. The third-order valence-corrected chi connectivity index (χ3v) is 2.91. The van der Waals surface area contributed by atoms with E-state index in [1.54, 1.807) is 0 Å². The Bertz CT molecular complexity index is 518. The van der Waals surface area contributed by atoms with E-state index >= 15 is 0 Å². The van der Waals surface area contributed by atoms with Gasteiger partial charge in [-0.2, -0.15) is 0 Å². The van der Waals surface area contributed by atoms with Crippen molar-refractivity contribution in [1.82, 2.24) is 4.57 Å². The molecule has 1 aromatic carbocycles. The first-order valence-corrected chi connectivity index (χ1v) is 5.27. The Kier molecular flexibility index (Phi) is 1.78. The van der Waals surface area contributed by atoms with Crippen LogP contribution < -0.4 is 0 Å². The molecule has 1 nitrogen and oxygen atoms in total. The molecule has 0 unspecified atom stereocenters. The van der Waals surface area contributed by atoms with Gasteiger partial charge in [0.25, 0.3) is 0 Å². The van der Waals surface area contributed by atoms with Gasteiger partial charge >= 0.3 is 0 Å². The third kappa shape index (κ3) is 1.32. The highest BCUT2D eigenvalue weighted by molar-refractivity contribution is 5.63. The quantitative estimate of drug-likeness (QED) is 0.657. The molecule has 74 valence electrons. The first kappa shape index (κ1) is 8.54. The van der Waals surface area contributed by atoms with Crippen molar-refractivity contribution in [2.75, 3.05) is 0 Å². The number of para-hydroxylation sites is 1. The van der Waals surface area contributed by atoms with Crippen LogP contribution in [0.25, 0.3) is 11.8 Å². The van der Waals surface area contributed by atoms with Crippen LogP contribution in [0.15, 0.2) is 48.2 Å². The SMILES string of the molecule is CC1=Cc2ccn(-c3ccccc3)c2C1. The van der Waals surface area contributed by atoms with Gasteiger partial charge in [0.05, 0.1) is 0 Å². The van der Waals surface area contributed by atoms with Crippen LogP contribution in [0.3, 0.4) is 0 Å². The number of hydrogen-bond donors (Lipinski definition) is 0. The first-order chi connectivity index (χ1) is 7.34. The maximum atomic E-state index is 2.28. The van der Waals surface area contributed by atoms with Crippen LogP contribution in [0.4, 0.5) is 0 Å². The highest BCUT2D eigenvalue weighted by Crippen LogP contribution is 2.27. The molecule has 0 bridgehead atoms. The van der Waals surface area contributed by atoms with Crippen molar-refractivity contribution in [3.8, 4) is 5.69 Å². The fourth-order valence-corrected chi connectivity index (χ4v) is 2.21. The Morgan fingerprint density at radius 1 is 1.07 bits per heavy atom. The summed E-state index contributed by atoms with van der Waals surface area (Å²) < 4.78 is 2.28. The number of nitrogens with zero attached hydrogens (tertiary/aromatic N) is 1. The zero-order chi connectivity index (χ0) is 10.3. The van der Waals surface area contributed by atoms with Crippen molar-refractivity contribution in [3.05, 3.63) is 59.4 Å². The fourth-order valence-electron chi connectivity index (χ4n) is 2.21. The standard InChI is InChI=1S/C14H13N/c1-11-9-12-7-8-15(14(12)10-11)13-5-3-2-4-6-13/h2-9H,10H2,1H3. The van der Waals surface area contributed by atoms with Crippen molar-refractivity contribution >= 4 is 6.08 Å². The van der Waals surface area contributed by atoms with Crippen LogP contribution in [0.1, 0.15) is 18.2 Å². The van der Waals surface area contributed by atoms with Crippen molar-refractivity contribution in [1.29, 1.82) is 0 Å². The summed E-state index contributed by atoms with van der Waals surface area (Å²) in [5.74, 6) is 0. The molecule has 1 heterocycles. The summed E-state index contributed by atoms with van der Waals surface area (Å²) in [4.78, 5) is 0. The molecule has 0 radical (unpaired) electrons. The number of hydrogen-bond acceptors (Lipinski definition) is 0. The lowest BCUT2D eigenvalue weighted by Crippen LogP contribution is -1.97. The molecule has 2 aromatic rings. The monoisotopic (exact) mass is 195 g/mol. The number of benzene rings is 1. The summed E-state index contributed by atoms with van der Waals surface area (Å²) in [5.41, 5.74) is 5.49. The highest BCUT2D eigenvalue weighted by atomic mass is 15.0. The number of fused-ring (bicyclic) bond motifs is 1. The molecule has 1 aliphatic rings. The summed E-state index contributed by atoms with van der Waals surface area (Å²) in [6.45, 7) is 2.19. The second-order valence-electron chi connectivity index (χ2n) is 4.09. The van der Waals surface area contributed by atoms with E-state index in [0.29, 0.717) is 0 Å². The van der Waals surface area contributed by atoms with Gasteiger partial charge in [-0.1, -0.05) is 29.8 Å². The van der Waals surface area contributed by atoms with Gasteiger partial charge in [-0.25, -0.2) is 0 Å². The molecule has 15 heavy (non-hydrogen) atoms. The molecular formula is C14H13N. The number of aromatic nitrogens is 1. The predicted octanol–water partition coefficient (Wildman–Crippen LogP) is 3.44. The molecule has 3 rings (SSSR count). The second kappa shape index (κ2) is 3.13. The van der Waals surface area contributed by atoms with Crippen molar-refractivity contribution < 1.29 is 0 Å². The van der Waals surface area contributed by atoms with Gasteiger partial charge in [-0.3, -0.25) is 0 Å². The van der Waals surface area contributed by atoms with Crippen LogP contribution in [0.2, 0.25) is 0 Å². The molecule has 1 aromatic heterocycles. The van der Waals surface area contributed by atoms with Crippen molar-refractivity contribution in [3.63, 3.8) is 0 Å². The van der Waals surface area contributed by atoms with E-state index in [1.165, 1.54) is 22.5 Å². The average Bonchev–Trinajstić information content (AvgIpc) is 2.77. The maximum absolute atomic E-state index is 2.28. The Hall–Kier alpha value is -1.76. The minimum Gasteiger partial charge on any atom is -0.320 e. The van der Waals surface area contributed by atoms with E-state index < -0.39 is 0 Å². The van der Waals surface area contributed by atoms with Crippen molar-refractivity contribution in [2.45, 2.75) is 13.3 Å². The van der Waals surface area contributed by atoms with Gasteiger partial charge < -0.3 is 4.57 Å². The van der Waals surface area contributed by atoms with Crippen LogP contribution in [0, 0.1) is 0 Å². The van der Waals surface area contributed by atoms with Gasteiger partial charge in [0.1, 0.15) is 0 Å². The smallest absolute Gasteiger partial charge is 0.0452 e. The largest absolute Gasteiger partial charge is 0.320 e. The predicted molar refractivity (Wildman–Crippen MR) is 63.1 cm³/mol. The normalized spacial score (nSPS) is 13.8. The van der Waals surface area contributed by atoms with E-state index in [4.69, 9.17) is 0 Å². The van der Waals surface area contributed by atoms with Gasteiger partial charge in [0.15, 0.2) is 0 Å². The van der Waals surface area contributed by atoms with E-state index in [0.717, 1.165) is 6.42 Å². The van der Waals surface area contributed by atoms with E-state index in [2.05, 4.69) is 60.2 Å². The molecule has 0 fully saturated rings. The zero-order valence-corrected chi connectivity index (χ0v) is 8.77. The van der Waals surface area contributed by atoms with E-state index in [9.17, 15) is 0 Å². The van der Waals surface area contributed by atoms with Crippen LogP contribution in [0.5, 0.6) is 0 Å². The average molecular weight is 195 g/mol. The molecule has 0 atom stereocenters. The van der Waals surface area contributed by atoms with Gasteiger partial charge in [0.2, 0.25) is 0 Å². The van der Waals surface area contributed by atoms with Crippen molar-refractivity contribution in [2.24, 2.45) is 0 Å².